The van der Waals surface area contributed by atoms with E-state index in [1.807, 2.05) is 29.2 Å². The predicted octanol–water partition coefficient (Wildman–Crippen LogP) is 4.12. The van der Waals surface area contributed by atoms with Crippen LogP contribution < -0.4 is 4.90 Å². The number of halogens is 1. The third kappa shape index (κ3) is 4.12. The quantitative estimate of drug-likeness (QED) is 0.623. The van der Waals surface area contributed by atoms with Crippen molar-refractivity contribution in [2.75, 3.05) is 36.8 Å². The van der Waals surface area contributed by atoms with Gasteiger partial charge in [-0.25, -0.2) is 9.37 Å². The van der Waals surface area contributed by atoms with Crippen LogP contribution >= 0.6 is 11.8 Å². The van der Waals surface area contributed by atoms with Gasteiger partial charge in [0, 0.05) is 37.3 Å². The Labute approximate surface area is 168 Å². The van der Waals surface area contributed by atoms with Gasteiger partial charge in [-0.3, -0.25) is 4.79 Å². The van der Waals surface area contributed by atoms with E-state index in [0.29, 0.717) is 18.8 Å². The molecular formula is C22H22FN3OS. The van der Waals surface area contributed by atoms with E-state index >= 15 is 0 Å². The van der Waals surface area contributed by atoms with Gasteiger partial charge in [-0.15, -0.1) is 0 Å². The summed E-state index contributed by atoms with van der Waals surface area (Å²) >= 11 is 1.49. The van der Waals surface area contributed by atoms with Crippen molar-refractivity contribution in [3.05, 3.63) is 66.0 Å². The molecule has 1 saturated heterocycles. The molecule has 0 spiro atoms. The summed E-state index contributed by atoms with van der Waals surface area (Å²) in [5, 5.41) is 2.03. The Morgan fingerprint density at radius 1 is 1.07 bits per heavy atom. The summed E-state index contributed by atoms with van der Waals surface area (Å²) in [7, 11) is 0. The number of hydrogen-bond acceptors (Lipinski definition) is 4. The van der Waals surface area contributed by atoms with Gasteiger partial charge in [-0.1, -0.05) is 30.0 Å². The minimum absolute atomic E-state index is 0.136. The molecule has 144 valence electrons. The summed E-state index contributed by atoms with van der Waals surface area (Å²) in [5.74, 6) is 0.296. The van der Waals surface area contributed by atoms with E-state index in [-0.39, 0.29) is 11.7 Å². The van der Waals surface area contributed by atoms with Crippen LogP contribution in [0.4, 0.5) is 10.1 Å². The number of rotatable bonds is 4. The summed E-state index contributed by atoms with van der Waals surface area (Å²) < 4.78 is 13.1. The van der Waals surface area contributed by atoms with Crippen LogP contribution in [0.5, 0.6) is 0 Å². The molecule has 6 heteroatoms. The van der Waals surface area contributed by atoms with E-state index in [1.54, 1.807) is 12.1 Å². The molecule has 3 aromatic rings. The van der Waals surface area contributed by atoms with Crippen LogP contribution in [-0.4, -0.2) is 47.7 Å². The highest BCUT2D eigenvalue weighted by atomic mass is 32.2. The molecule has 0 N–H and O–H groups in total. The molecule has 0 unspecified atom stereocenters. The molecule has 1 aliphatic heterocycles. The SMILES string of the molecule is Cc1cc(SCC(=O)N2CCN(c3ccc(F)cc3)CC2)nc2ccccc12. The molecule has 28 heavy (non-hydrogen) atoms. The van der Waals surface area contributed by atoms with E-state index < -0.39 is 0 Å². The van der Waals surface area contributed by atoms with Crippen molar-refractivity contribution >= 4 is 34.3 Å². The average Bonchev–Trinajstić information content (AvgIpc) is 2.73. The zero-order chi connectivity index (χ0) is 19.5. The van der Waals surface area contributed by atoms with Crippen molar-refractivity contribution in [1.82, 2.24) is 9.88 Å². The number of fused-ring (bicyclic) bond motifs is 1. The molecule has 0 radical (unpaired) electrons. The van der Waals surface area contributed by atoms with Gasteiger partial charge < -0.3 is 9.80 Å². The zero-order valence-electron chi connectivity index (χ0n) is 15.8. The molecule has 0 atom stereocenters. The number of anilines is 1. The van der Waals surface area contributed by atoms with Gasteiger partial charge in [0.2, 0.25) is 5.91 Å². The molecule has 0 saturated carbocycles. The first kappa shape index (κ1) is 18.7. The summed E-state index contributed by atoms with van der Waals surface area (Å²) in [4.78, 5) is 21.4. The predicted molar refractivity (Wildman–Crippen MR) is 112 cm³/mol. The molecule has 1 aromatic heterocycles. The van der Waals surface area contributed by atoms with Crippen LogP contribution in [0.1, 0.15) is 5.56 Å². The largest absolute Gasteiger partial charge is 0.368 e. The minimum Gasteiger partial charge on any atom is -0.368 e. The molecule has 1 fully saturated rings. The van der Waals surface area contributed by atoms with Crippen molar-refractivity contribution in [1.29, 1.82) is 0 Å². The van der Waals surface area contributed by atoms with E-state index in [0.717, 1.165) is 34.7 Å². The number of piperazine rings is 1. The molecule has 1 aliphatic rings. The molecule has 0 bridgehead atoms. The Kier molecular flexibility index (Phi) is 5.48. The lowest BCUT2D eigenvalue weighted by atomic mass is 10.1. The van der Waals surface area contributed by atoms with Crippen LogP contribution in [0, 0.1) is 12.7 Å². The number of hydrogen-bond donors (Lipinski definition) is 0. The van der Waals surface area contributed by atoms with Gasteiger partial charge >= 0.3 is 0 Å². The normalized spacial score (nSPS) is 14.5. The zero-order valence-corrected chi connectivity index (χ0v) is 16.6. The van der Waals surface area contributed by atoms with Crippen molar-refractivity contribution in [2.45, 2.75) is 11.9 Å². The molecule has 1 amide bonds. The fourth-order valence-electron chi connectivity index (χ4n) is 3.49. The number of pyridine rings is 1. The smallest absolute Gasteiger partial charge is 0.233 e. The van der Waals surface area contributed by atoms with E-state index in [4.69, 9.17) is 0 Å². The monoisotopic (exact) mass is 395 g/mol. The van der Waals surface area contributed by atoms with E-state index in [1.165, 1.54) is 29.5 Å². The van der Waals surface area contributed by atoms with Crippen molar-refractivity contribution in [2.24, 2.45) is 0 Å². The maximum absolute atomic E-state index is 13.1. The van der Waals surface area contributed by atoms with E-state index in [2.05, 4.69) is 22.9 Å². The summed E-state index contributed by atoms with van der Waals surface area (Å²) in [6.07, 6.45) is 0. The summed E-state index contributed by atoms with van der Waals surface area (Å²) in [6, 6.07) is 16.6. The first-order valence-corrected chi connectivity index (χ1v) is 10.4. The van der Waals surface area contributed by atoms with Crippen LogP contribution in [-0.2, 0) is 4.79 Å². The maximum atomic E-state index is 13.1. The van der Waals surface area contributed by atoms with Crippen molar-refractivity contribution in [3.8, 4) is 0 Å². The molecular weight excluding hydrogens is 373 g/mol. The number of carbonyl (C=O) groups excluding carboxylic acids is 1. The third-order valence-electron chi connectivity index (χ3n) is 5.07. The highest BCUT2D eigenvalue weighted by Crippen LogP contribution is 2.24. The number of amides is 1. The molecule has 4 rings (SSSR count). The van der Waals surface area contributed by atoms with Gasteiger partial charge in [-0.2, -0.15) is 0 Å². The Hall–Kier alpha value is -2.60. The lowest BCUT2D eigenvalue weighted by Gasteiger charge is -2.36. The van der Waals surface area contributed by atoms with E-state index in [9.17, 15) is 9.18 Å². The van der Waals surface area contributed by atoms with Crippen molar-refractivity contribution in [3.63, 3.8) is 0 Å². The number of aromatic nitrogens is 1. The van der Waals surface area contributed by atoms with Crippen LogP contribution in [0.2, 0.25) is 0 Å². The molecule has 2 aromatic carbocycles. The van der Waals surface area contributed by atoms with Crippen molar-refractivity contribution < 1.29 is 9.18 Å². The number of benzene rings is 2. The van der Waals surface area contributed by atoms with Gasteiger partial charge in [0.15, 0.2) is 0 Å². The number of thioether (sulfide) groups is 1. The Morgan fingerprint density at radius 3 is 2.54 bits per heavy atom. The molecule has 4 nitrogen and oxygen atoms in total. The van der Waals surface area contributed by atoms with Gasteiger partial charge in [0.1, 0.15) is 5.82 Å². The minimum atomic E-state index is -0.230. The number of carbonyl (C=O) groups is 1. The first-order valence-electron chi connectivity index (χ1n) is 9.37. The number of para-hydroxylation sites is 1. The second-order valence-corrected chi connectivity index (χ2v) is 7.92. The standard InChI is InChI=1S/C22H22FN3OS/c1-16-14-21(24-20-5-3-2-4-19(16)20)28-15-22(27)26-12-10-25(11-13-26)18-8-6-17(23)7-9-18/h2-9,14H,10-13,15H2,1H3. The van der Waals surface area contributed by atoms with Crippen LogP contribution in [0.15, 0.2) is 59.6 Å². The fraction of sp³-hybridized carbons (Fsp3) is 0.273. The van der Waals surface area contributed by atoms with Gasteiger partial charge in [-0.05, 0) is 48.9 Å². The molecule has 0 aliphatic carbocycles. The lowest BCUT2D eigenvalue weighted by Crippen LogP contribution is -2.49. The molecule has 2 heterocycles. The lowest BCUT2D eigenvalue weighted by molar-refractivity contribution is -0.128. The highest BCUT2D eigenvalue weighted by molar-refractivity contribution is 7.99. The van der Waals surface area contributed by atoms with Gasteiger partial charge in [0.25, 0.3) is 0 Å². The van der Waals surface area contributed by atoms with Gasteiger partial charge in [0.05, 0.1) is 16.3 Å². The van der Waals surface area contributed by atoms with Crippen LogP contribution in [0.3, 0.4) is 0 Å². The first-order chi connectivity index (χ1) is 13.6. The fourth-order valence-corrected chi connectivity index (χ4v) is 4.36. The van der Waals surface area contributed by atoms with Crippen LogP contribution in [0.25, 0.3) is 10.9 Å². The number of aryl methyl sites for hydroxylation is 1. The summed E-state index contributed by atoms with van der Waals surface area (Å²) in [5.41, 5.74) is 3.14. The Morgan fingerprint density at radius 2 is 1.79 bits per heavy atom. The average molecular weight is 396 g/mol. The second kappa shape index (κ2) is 8.19. The Bertz CT molecular complexity index is 985. The highest BCUT2D eigenvalue weighted by Gasteiger charge is 2.21. The Balaban J connectivity index is 1.33. The maximum Gasteiger partial charge on any atom is 0.233 e. The second-order valence-electron chi connectivity index (χ2n) is 6.93. The third-order valence-corrected chi connectivity index (χ3v) is 5.96. The topological polar surface area (TPSA) is 36.4 Å². The number of nitrogens with zero attached hydrogens (tertiary/aromatic N) is 3. The summed E-state index contributed by atoms with van der Waals surface area (Å²) in [6.45, 7) is 4.96.